The molecule has 1 atom stereocenters. The minimum Gasteiger partial charge on any atom is -0.354 e. The zero-order valence-corrected chi connectivity index (χ0v) is 16.4. The van der Waals surface area contributed by atoms with Crippen molar-refractivity contribution in [1.82, 2.24) is 25.5 Å². The number of amides is 3. The number of hydrogen-bond acceptors (Lipinski definition) is 4. The van der Waals surface area contributed by atoms with E-state index in [-0.39, 0.29) is 30.1 Å². The second-order valence-corrected chi connectivity index (χ2v) is 7.34. The van der Waals surface area contributed by atoms with Crippen LogP contribution in [-0.2, 0) is 16.1 Å². The summed E-state index contributed by atoms with van der Waals surface area (Å²) < 4.78 is 0. The summed E-state index contributed by atoms with van der Waals surface area (Å²) in [6.07, 6.45) is 1.80. The summed E-state index contributed by atoms with van der Waals surface area (Å²) in [5, 5.41) is 5.60. The minimum absolute atomic E-state index is 0.0125. The Morgan fingerprint density at radius 2 is 1.90 bits per heavy atom. The summed E-state index contributed by atoms with van der Waals surface area (Å²) in [6.45, 7) is 1.54. The lowest BCUT2D eigenvalue weighted by Gasteiger charge is -2.16. The van der Waals surface area contributed by atoms with Gasteiger partial charge in [0.1, 0.15) is 0 Å². The van der Waals surface area contributed by atoms with Gasteiger partial charge in [-0.3, -0.25) is 14.4 Å². The largest absolute Gasteiger partial charge is 0.354 e. The highest BCUT2D eigenvalue weighted by Crippen LogP contribution is 2.20. The Morgan fingerprint density at radius 3 is 2.73 bits per heavy atom. The summed E-state index contributed by atoms with van der Waals surface area (Å²) in [7, 11) is 0. The van der Waals surface area contributed by atoms with Gasteiger partial charge in [0.25, 0.3) is 5.91 Å². The number of aromatic amines is 1. The molecule has 0 bridgehead atoms. The molecule has 1 saturated heterocycles. The van der Waals surface area contributed by atoms with Crippen molar-refractivity contribution in [2.75, 3.05) is 19.6 Å². The van der Waals surface area contributed by atoms with Crippen LogP contribution in [0.3, 0.4) is 0 Å². The van der Waals surface area contributed by atoms with E-state index in [1.165, 1.54) is 0 Å². The van der Waals surface area contributed by atoms with Crippen molar-refractivity contribution in [3.8, 4) is 0 Å². The Bertz CT molecular complexity index is 1060. The summed E-state index contributed by atoms with van der Waals surface area (Å²) in [6, 6.07) is 15.0. The molecule has 1 aromatic heterocycles. The van der Waals surface area contributed by atoms with E-state index in [0.717, 1.165) is 16.6 Å². The van der Waals surface area contributed by atoms with Gasteiger partial charge in [0.05, 0.1) is 23.3 Å². The third-order valence-electron chi connectivity index (χ3n) is 5.19. The molecule has 3 amide bonds. The third kappa shape index (κ3) is 4.48. The summed E-state index contributed by atoms with van der Waals surface area (Å²) in [5.74, 6) is -0.751. The maximum atomic E-state index is 12.4. The molecule has 4 rings (SSSR count). The quantitative estimate of drug-likeness (QED) is 0.517. The molecule has 3 aromatic rings. The van der Waals surface area contributed by atoms with Crippen LogP contribution in [0.5, 0.6) is 0 Å². The van der Waals surface area contributed by atoms with E-state index >= 15 is 0 Å². The van der Waals surface area contributed by atoms with Crippen molar-refractivity contribution < 1.29 is 14.4 Å². The number of rotatable bonds is 7. The maximum Gasteiger partial charge on any atom is 0.251 e. The van der Waals surface area contributed by atoms with Crippen LogP contribution in [-0.4, -0.2) is 52.2 Å². The maximum absolute atomic E-state index is 12.4. The van der Waals surface area contributed by atoms with Crippen molar-refractivity contribution in [2.45, 2.75) is 13.0 Å². The number of aromatic nitrogens is 2. The zero-order chi connectivity index (χ0) is 20.9. The minimum atomic E-state index is -0.361. The van der Waals surface area contributed by atoms with Crippen LogP contribution in [0, 0.1) is 5.92 Å². The second-order valence-electron chi connectivity index (χ2n) is 7.34. The summed E-state index contributed by atoms with van der Waals surface area (Å²) in [4.78, 5) is 45.7. The van der Waals surface area contributed by atoms with Gasteiger partial charge in [0.2, 0.25) is 11.8 Å². The summed E-state index contributed by atoms with van der Waals surface area (Å²) >= 11 is 0. The number of carbonyl (C=O) groups is 3. The Labute approximate surface area is 173 Å². The van der Waals surface area contributed by atoms with Gasteiger partial charge in [0.15, 0.2) is 0 Å². The standard InChI is InChI=1S/C22H23N5O3/c28-20-11-17(13-27(20)12-15-4-2-1-3-5-15)22(30)24-9-8-23-21(29)16-6-7-18-19(10-16)26-14-25-18/h1-7,10,14,17H,8-9,11-13H2,(H,23,29)(H,24,30)(H,25,26). The smallest absolute Gasteiger partial charge is 0.251 e. The van der Waals surface area contributed by atoms with Gasteiger partial charge in [-0.1, -0.05) is 30.3 Å². The Hall–Kier alpha value is -3.68. The number of benzene rings is 2. The van der Waals surface area contributed by atoms with E-state index in [0.29, 0.717) is 31.7 Å². The highest BCUT2D eigenvalue weighted by molar-refractivity contribution is 5.97. The molecule has 0 spiro atoms. The number of H-pyrrole nitrogens is 1. The molecule has 3 N–H and O–H groups in total. The molecule has 0 saturated carbocycles. The van der Waals surface area contributed by atoms with Crippen LogP contribution < -0.4 is 10.6 Å². The first-order chi connectivity index (χ1) is 14.6. The van der Waals surface area contributed by atoms with Crippen molar-refractivity contribution in [3.63, 3.8) is 0 Å². The van der Waals surface area contributed by atoms with E-state index in [9.17, 15) is 14.4 Å². The SMILES string of the molecule is O=C(NCCNC(=O)C1CC(=O)N(Cc2ccccc2)C1)c1ccc2nc[nH]c2c1. The molecule has 154 valence electrons. The van der Waals surface area contributed by atoms with Crippen LogP contribution in [0.4, 0.5) is 0 Å². The van der Waals surface area contributed by atoms with E-state index < -0.39 is 0 Å². The first kappa shape index (κ1) is 19.6. The fourth-order valence-electron chi connectivity index (χ4n) is 3.59. The second kappa shape index (κ2) is 8.77. The molecule has 30 heavy (non-hydrogen) atoms. The third-order valence-corrected chi connectivity index (χ3v) is 5.19. The van der Waals surface area contributed by atoms with Crippen molar-refractivity contribution in [3.05, 3.63) is 66.0 Å². The fraction of sp³-hybridized carbons (Fsp3) is 0.273. The number of imidazole rings is 1. The number of fused-ring (bicyclic) bond motifs is 1. The lowest BCUT2D eigenvalue weighted by atomic mass is 10.1. The van der Waals surface area contributed by atoms with Gasteiger partial charge in [0, 0.05) is 38.2 Å². The van der Waals surface area contributed by atoms with Crippen LogP contribution in [0.25, 0.3) is 11.0 Å². The van der Waals surface area contributed by atoms with Gasteiger partial charge < -0.3 is 20.5 Å². The van der Waals surface area contributed by atoms with Crippen LogP contribution in [0.1, 0.15) is 22.3 Å². The van der Waals surface area contributed by atoms with Crippen molar-refractivity contribution in [2.24, 2.45) is 5.92 Å². The highest BCUT2D eigenvalue weighted by atomic mass is 16.2. The molecule has 2 heterocycles. The lowest BCUT2D eigenvalue weighted by molar-refractivity contribution is -0.129. The van der Waals surface area contributed by atoms with Gasteiger partial charge in [-0.25, -0.2) is 4.98 Å². The normalized spacial score (nSPS) is 16.1. The van der Waals surface area contributed by atoms with Crippen LogP contribution in [0.15, 0.2) is 54.9 Å². The molecule has 2 aromatic carbocycles. The molecular formula is C22H23N5O3. The molecular weight excluding hydrogens is 382 g/mol. The fourth-order valence-corrected chi connectivity index (χ4v) is 3.59. The van der Waals surface area contributed by atoms with Gasteiger partial charge in [-0.15, -0.1) is 0 Å². The predicted molar refractivity (Wildman–Crippen MR) is 111 cm³/mol. The van der Waals surface area contributed by atoms with E-state index in [2.05, 4.69) is 20.6 Å². The zero-order valence-electron chi connectivity index (χ0n) is 16.4. The first-order valence-corrected chi connectivity index (χ1v) is 9.91. The van der Waals surface area contributed by atoms with Gasteiger partial charge in [-0.2, -0.15) is 0 Å². The average Bonchev–Trinajstić information content (AvgIpc) is 3.37. The highest BCUT2D eigenvalue weighted by Gasteiger charge is 2.33. The van der Waals surface area contributed by atoms with E-state index in [1.807, 2.05) is 30.3 Å². The van der Waals surface area contributed by atoms with Crippen LogP contribution in [0.2, 0.25) is 0 Å². The van der Waals surface area contributed by atoms with E-state index in [1.54, 1.807) is 29.4 Å². The van der Waals surface area contributed by atoms with Crippen molar-refractivity contribution >= 4 is 28.8 Å². The molecule has 1 aliphatic heterocycles. The number of nitrogens with zero attached hydrogens (tertiary/aromatic N) is 2. The first-order valence-electron chi connectivity index (χ1n) is 9.91. The van der Waals surface area contributed by atoms with Crippen molar-refractivity contribution in [1.29, 1.82) is 0 Å². The number of likely N-dealkylation sites (tertiary alicyclic amines) is 1. The molecule has 1 unspecified atom stereocenters. The van der Waals surface area contributed by atoms with Gasteiger partial charge >= 0.3 is 0 Å². The van der Waals surface area contributed by atoms with E-state index in [4.69, 9.17) is 0 Å². The Balaban J connectivity index is 1.21. The average molecular weight is 405 g/mol. The number of nitrogens with one attached hydrogen (secondary N) is 3. The Kier molecular flexibility index (Phi) is 5.74. The Morgan fingerprint density at radius 1 is 1.10 bits per heavy atom. The predicted octanol–water partition coefficient (Wildman–Crippen LogP) is 1.46. The molecule has 1 aliphatic rings. The van der Waals surface area contributed by atoms with Gasteiger partial charge in [-0.05, 0) is 23.8 Å². The molecule has 8 heteroatoms. The molecule has 0 radical (unpaired) electrons. The topological polar surface area (TPSA) is 107 Å². The monoisotopic (exact) mass is 405 g/mol. The molecule has 1 fully saturated rings. The summed E-state index contributed by atoms with van der Waals surface area (Å²) in [5.41, 5.74) is 3.16. The molecule has 8 nitrogen and oxygen atoms in total. The number of hydrogen-bond donors (Lipinski definition) is 3. The van der Waals surface area contributed by atoms with Crippen LogP contribution >= 0.6 is 0 Å². The lowest BCUT2D eigenvalue weighted by Crippen LogP contribution is -2.38. The number of carbonyl (C=O) groups excluding carboxylic acids is 3. The molecule has 0 aliphatic carbocycles.